The van der Waals surface area contributed by atoms with Gasteiger partial charge in [0.05, 0.1) is 23.3 Å². The predicted molar refractivity (Wildman–Crippen MR) is 60.8 cm³/mol. The van der Waals surface area contributed by atoms with Crippen molar-refractivity contribution in [2.24, 2.45) is 5.73 Å². The molecule has 2 atom stereocenters. The van der Waals surface area contributed by atoms with Crippen molar-refractivity contribution >= 4 is 0 Å². The first-order chi connectivity index (χ1) is 8.81. The maximum atomic E-state index is 12.6. The van der Waals surface area contributed by atoms with Crippen LogP contribution in [0.15, 0.2) is 18.2 Å². The maximum Gasteiger partial charge on any atom is 0.416 e. The lowest BCUT2D eigenvalue weighted by molar-refractivity contribution is -0.137. The quantitative estimate of drug-likeness (QED) is 0.772. The van der Waals surface area contributed by atoms with Gasteiger partial charge in [-0.3, -0.25) is 0 Å². The van der Waals surface area contributed by atoms with Gasteiger partial charge in [-0.25, -0.2) is 0 Å². The van der Waals surface area contributed by atoms with Crippen LogP contribution in [0.25, 0.3) is 0 Å². The van der Waals surface area contributed by atoms with Crippen LogP contribution in [0.4, 0.5) is 13.2 Å². The third kappa shape index (κ3) is 3.67. The molecule has 104 valence electrons. The Labute approximate surface area is 107 Å². The fourth-order valence-electron chi connectivity index (χ4n) is 1.62. The third-order valence-electron chi connectivity index (χ3n) is 2.64. The lowest BCUT2D eigenvalue weighted by Crippen LogP contribution is -2.23. The van der Waals surface area contributed by atoms with Crippen LogP contribution in [0.5, 0.6) is 0 Å². The van der Waals surface area contributed by atoms with Gasteiger partial charge in [0.1, 0.15) is 6.10 Å². The molecule has 0 aliphatic carbocycles. The molecule has 0 amide bonds. The van der Waals surface area contributed by atoms with E-state index in [2.05, 4.69) is 0 Å². The minimum Gasteiger partial charge on any atom is -0.390 e. The number of nitrogens with zero attached hydrogens (tertiary/aromatic N) is 1. The van der Waals surface area contributed by atoms with Crippen LogP contribution < -0.4 is 5.73 Å². The summed E-state index contributed by atoms with van der Waals surface area (Å²) >= 11 is 0. The zero-order valence-corrected chi connectivity index (χ0v) is 9.85. The Morgan fingerprint density at radius 1 is 1.32 bits per heavy atom. The zero-order chi connectivity index (χ0) is 14.6. The van der Waals surface area contributed by atoms with E-state index in [1.54, 1.807) is 6.07 Å². The SMILES string of the molecule is N#Cc1ccc(C(F)(F)F)cc1C(O)C(O)CCN. The molecule has 0 saturated heterocycles. The molecule has 4 nitrogen and oxygen atoms in total. The molecule has 0 saturated carbocycles. The number of rotatable bonds is 4. The summed E-state index contributed by atoms with van der Waals surface area (Å²) in [4.78, 5) is 0. The van der Waals surface area contributed by atoms with Crippen LogP contribution in [-0.4, -0.2) is 22.9 Å². The molecule has 0 aromatic heterocycles. The Morgan fingerprint density at radius 3 is 2.42 bits per heavy atom. The van der Waals surface area contributed by atoms with Gasteiger partial charge < -0.3 is 15.9 Å². The summed E-state index contributed by atoms with van der Waals surface area (Å²) < 4.78 is 37.7. The highest BCUT2D eigenvalue weighted by atomic mass is 19.4. The van der Waals surface area contributed by atoms with Crippen LogP contribution in [0, 0.1) is 11.3 Å². The number of hydrogen-bond donors (Lipinski definition) is 3. The molecule has 0 fully saturated rings. The van der Waals surface area contributed by atoms with E-state index in [-0.39, 0.29) is 24.1 Å². The molecule has 0 aliphatic heterocycles. The molecule has 19 heavy (non-hydrogen) atoms. The fraction of sp³-hybridized carbons (Fsp3) is 0.417. The highest BCUT2D eigenvalue weighted by Gasteiger charge is 2.32. The minimum absolute atomic E-state index is 0.0162. The van der Waals surface area contributed by atoms with Gasteiger partial charge in [-0.2, -0.15) is 18.4 Å². The number of hydrogen-bond acceptors (Lipinski definition) is 4. The molecular weight excluding hydrogens is 261 g/mol. The number of alkyl halides is 3. The number of benzene rings is 1. The molecule has 0 spiro atoms. The standard InChI is InChI=1S/C12H13F3N2O2/c13-12(14,15)8-2-1-7(6-17)9(5-8)11(19)10(18)3-4-16/h1-2,5,10-11,18-19H,3-4,16H2. The van der Waals surface area contributed by atoms with Crippen molar-refractivity contribution < 1.29 is 23.4 Å². The number of aliphatic hydroxyl groups is 2. The molecule has 2 unspecified atom stereocenters. The van der Waals surface area contributed by atoms with Crippen LogP contribution in [0.2, 0.25) is 0 Å². The topological polar surface area (TPSA) is 90.3 Å². The van der Waals surface area contributed by atoms with E-state index in [4.69, 9.17) is 11.0 Å². The van der Waals surface area contributed by atoms with Crippen LogP contribution >= 0.6 is 0 Å². The van der Waals surface area contributed by atoms with Gasteiger partial charge in [0, 0.05) is 5.56 Å². The second-order valence-corrected chi connectivity index (χ2v) is 4.00. The molecule has 1 aromatic rings. The summed E-state index contributed by atoms with van der Waals surface area (Å²) in [6, 6.07) is 4.07. The monoisotopic (exact) mass is 274 g/mol. The normalized spacial score (nSPS) is 14.8. The fourth-order valence-corrected chi connectivity index (χ4v) is 1.62. The number of nitrogens with two attached hydrogens (primary N) is 1. The summed E-state index contributed by atoms with van der Waals surface area (Å²) in [7, 11) is 0. The molecule has 4 N–H and O–H groups in total. The Morgan fingerprint density at radius 2 is 1.95 bits per heavy atom. The van der Waals surface area contributed by atoms with E-state index < -0.39 is 23.9 Å². The van der Waals surface area contributed by atoms with E-state index in [0.717, 1.165) is 12.1 Å². The van der Waals surface area contributed by atoms with Gasteiger partial charge in [-0.1, -0.05) is 0 Å². The van der Waals surface area contributed by atoms with E-state index in [9.17, 15) is 23.4 Å². The van der Waals surface area contributed by atoms with Gasteiger partial charge in [0.2, 0.25) is 0 Å². The van der Waals surface area contributed by atoms with Gasteiger partial charge in [-0.15, -0.1) is 0 Å². The summed E-state index contributed by atoms with van der Waals surface area (Å²) in [5, 5.41) is 28.2. The molecule has 0 heterocycles. The van der Waals surface area contributed by atoms with Crippen LogP contribution in [0.3, 0.4) is 0 Å². The molecule has 0 radical (unpaired) electrons. The molecule has 1 rings (SSSR count). The summed E-state index contributed by atoms with van der Waals surface area (Å²) in [5.41, 5.74) is 3.85. The lowest BCUT2D eigenvalue weighted by Gasteiger charge is -2.19. The minimum atomic E-state index is -4.58. The highest BCUT2D eigenvalue weighted by molar-refractivity contribution is 5.42. The first-order valence-electron chi connectivity index (χ1n) is 5.48. The number of halogens is 3. The van der Waals surface area contributed by atoms with Crippen LogP contribution in [0.1, 0.15) is 29.2 Å². The first kappa shape index (κ1) is 15.4. The van der Waals surface area contributed by atoms with Gasteiger partial charge >= 0.3 is 6.18 Å². The average molecular weight is 274 g/mol. The molecule has 0 aliphatic rings. The van der Waals surface area contributed by atoms with Gasteiger partial charge in [0.25, 0.3) is 0 Å². The number of aliphatic hydroxyl groups excluding tert-OH is 2. The second-order valence-electron chi connectivity index (χ2n) is 4.00. The highest BCUT2D eigenvalue weighted by Crippen LogP contribution is 2.33. The lowest BCUT2D eigenvalue weighted by atomic mass is 9.95. The Hall–Kier alpha value is -1.62. The number of nitriles is 1. The molecule has 0 bridgehead atoms. The van der Waals surface area contributed by atoms with Crippen molar-refractivity contribution in [1.82, 2.24) is 0 Å². The Bertz CT molecular complexity index is 483. The van der Waals surface area contributed by atoms with Crippen molar-refractivity contribution in [2.45, 2.75) is 24.8 Å². The van der Waals surface area contributed by atoms with E-state index in [0.29, 0.717) is 6.07 Å². The summed E-state index contributed by atoms with van der Waals surface area (Å²) in [6.45, 7) is 0.0685. The smallest absolute Gasteiger partial charge is 0.390 e. The van der Waals surface area contributed by atoms with Crippen molar-refractivity contribution in [2.75, 3.05) is 6.54 Å². The van der Waals surface area contributed by atoms with E-state index in [1.165, 1.54) is 0 Å². The Balaban J connectivity index is 3.20. The molecular formula is C12H13F3N2O2. The predicted octanol–water partition coefficient (Wildman–Crippen LogP) is 1.32. The maximum absolute atomic E-state index is 12.6. The van der Waals surface area contributed by atoms with Gasteiger partial charge in [-0.05, 0) is 31.2 Å². The van der Waals surface area contributed by atoms with Gasteiger partial charge in [0.15, 0.2) is 0 Å². The van der Waals surface area contributed by atoms with E-state index in [1.807, 2.05) is 0 Å². The zero-order valence-electron chi connectivity index (χ0n) is 9.85. The Kier molecular flexibility index (Phi) is 4.89. The second kappa shape index (κ2) is 6.02. The first-order valence-corrected chi connectivity index (χ1v) is 5.48. The van der Waals surface area contributed by atoms with Crippen molar-refractivity contribution in [3.05, 3.63) is 34.9 Å². The summed E-state index contributed by atoms with van der Waals surface area (Å²) in [6.07, 6.45) is -7.47. The van der Waals surface area contributed by atoms with Crippen molar-refractivity contribution in [1.29, 1.82) is 5.26 Å². The summed E-state index contributed by atoms with van der Waals surface area (Å²) in [5.74, 6) is 0. The van der Waals surface area contributed by atoms with E-state index >= 15 is 0 Å². The van der Waals surface area contributed by atoms with Crippen LogP contribution in [-0.2, 0) is 6.18 Å². The molecule has 1 aromatic carbocycles. The molecule has 7 heteroatoms. The average Bonchev–Trinajstić information content (AvgIpc) is 2.36. The van der Waals surface area contributed by atoms with Crippen molar-refractivity contribution in [3.8, 4) is 6.07 Å². The third-order valence-corrected chi connectivity index (χ3v) is 2.64. The largest absolute Gasteiger partial charge is 0.416 e. The van der Waals surface area contributed by atoms with Crippen molar-refractivity contribution in [3.63, 3.8) is 0 Å².